The maximum Gasteiger partial charge on any atom is 0.408 e. The fourth-order valence-electron chi connectivity index (χ4n) is 0.812. The van der Waals surface area contributed by atoms with Gasteiger partial charge in [-0.25, -0.2) is 4.79 Å². The van der Waals surface area contributed by atoms with Crippen LogP contribution in [0.4, 0.5) is 4.79 Å². The first-order valence-electron chi connectivity index (χ1n) is 5.04. The van der Waals surface area contributed by atoms with Crippen molar-refractivity contribution in [1.82, 2.24) is 10.6 Å². The molecule has 5 nitrogen and oxygen atoms in total. The maximum atomic E-state index is 11.1. The molecule has 0 unspecified atom stereocenters. The molecule has 0 aromatic rings. The van der Waals surface area contributed by atoms with E-state index < -0.39 is 11.7 Å². The third kappa shape index (κ3) is 9.21. The molecule has 0 aromatic carbocycles. The van der Waals surface area contributed by atoms with E-state index in [1.165, 1.54) is 0 Å². The Kier molecular flexibility index (Phi) is 5.93. The monoisotopic (exact) mass is 216 g/mol. The molecule has 0 bridgehead atoms. The third-order valence-corrected chi connectivity index (χ3v) is 1.40. The summed E-state index contributed by atoms with van der Waals surface area (Å²) in [5, 5.41) is 5.28. The number of likely N-dealkylation sites (N-methyl/N-ethyl adjacent to an activating group) is 1. The summed E-state index contributed by atoms with van der Waals surface area (Å²) < 4.78 is 4.97. The lowest BCUT2D eigenvalue weighted by Gasteiger charge is -2.19. The van der Waals surface area contributed by atoms with Gasteiger partial charge in [-0.05, 0) is 27.3 Å². The number of hydrogen-bond donors (Lipinski definition) is 2. The van der Waals surface area contributed by atoms with Crippen LogP contribution in [0.15, 0.2) is 0 Å². The van der Waals surface area contributed by atoms with Crippen LogP contribution in [0.25, 0.3) is 0 Å². The van der Waals surface area contributed by atoms with Gasteiger partial charge < -0.3 is 15.4 Å². The molecule has 0 rings (SSSR count). The van der Waals surface area contributed by atoms with Crippen molar-refractivity contribution in [3.63, 3.8) is 0 Å². The van der Waals surface area contributed by atoms with Crippen LogP contribution in [0.3, 0.4) is 0 Å². The SMILES string of the molecule is CCNCC(=O)CNC(=O)OC(C)(C)C. The van der Waals surface area contributed by atoms with Crippen LogP contribution in [0.1, 0.15) is 27.7 Å². The van der Waals surface area contributed by atoms with Gasteiger partial charge in [0, 0.05) is 0 Å². The Morgan fingerprint density at radius 1 is 1.20 bits per heavy atom. The lowest BCUT2D eigenvalue weighted by molar-refractivity contribution is -0.117. The third-order valence-electron chi connectivity index (χ3n) is 1.40. The van der Waals surface area contributed by atoms with E-state index in [1.807, 2.05) is 6.92 Å². The zero-order valence-corrected chi connectivity index (χ0v) is 9.85. The average Bonchev–Trinajstić information content (AvgIpc) is 2.08. The summed E-state index contributed by atoms with van der Waals surface area (Å²) in [5.74, 6) is -0.0669. The molecule has 5 heteroatoms. The minimum Gasteiger partial charge on any atom is -0.444 e. The molecule has 0 aliphatic carbocycles. The van der Waals surface area contributed by atoms with Gasteiger partial charge in [0.05, 0.1) is 13.1 Å². The van der Waals surface area contributed by atoms with Crippen molar-refractivity contribution in [2.45, 2.75) is 33.3 Å². The summed E-state index contributed by atoms with van der Waals surface area (Å²) in [7, 11) is 0. The van der Waals surface area contributed by atoms with Crippen molar-refractivity contribution in [2.75, 3.05) is 19.6 Å². The summed E-state index contributed by atoms with van der Waals surface area (Å²) in [4.78, 5) is 22.3. The minimum atomic E-state index is -0.563. The fraction of sp³-hybridized carbons (Fsp3) is 0.800. The number of carbonyl (C=O) groups is 2. The van der Waals surface area contributed by atoms with Gasteiger partial charge in [-0.3, -0.25) is 4.79 Å². The topological polar surface area (TPSA) is 67.4 Å². The van der Waals surface area contributed by atoms with Crippen LogP contribution in [0.5, 0.6) is 0 Å². The lowest BCUT2D eigenvalue weighted by Crippen LogP contribution is -2.38. The number of amides is 1. The number of hydrogen-bond acceptors (Lipinski definition) is 4. The van der Waals surface area contributed by atoms with Crippen LogP contribution in [-0.2, 0) is 9.53 Å². The molecule has 2 N–H and O–H groups in total. The first-order chi connectivity index (χ1) is 6.85. The number of ketones is 1. The summed E-state index contributed by atoms with van der Waals surface area (Å²) in [6.45, 7) is 8.23. The Morgan fingerprint density at radius 2 is 1.80 bits per heavy atom. The summed E-state index contributed by atoms with van der Waals surface area (Å²) in [6, 6.07) is 0. The van der Waals surface area contributed by atoms with Crippen molar-refractivity contribution in [3.05, 3.63) is 0 Å². The molecule has 0 aliphatic heterocycles. The molecule has 15 heavy (non-hydrogen) atoms. The first kappa shape index (κ1) is 13.9. The highest BCUT2D eigenvalue weighted by Crippen LogP contribution is 2.05. The van der Waals surface area contributed by atoms with Crippen LogP contribution in [-0.4, -0.2) is 37.1 Å². The van der Waals surface area contributed by atoms with E-state index in [-0.39, 0.29) is 18.9 Å². The Balaban J connectivity index is 3.67. The predicted molar refractivity (Wildman–Crippen MR) is 57.8 cm³/mol. The quantitative estimate of drug-likeness (QED) is 0.709. The maximum absolute atomic E-state index is 11.1. The van der Waals surface area contributed by atoms with Crippen LogP contribution in [0.2, 0.25) is 0 Å². The molecule has 0 fully saturated rings. The van der Waals surface area contributed by atoms with Crippen LogP contribution >= 0.6 is 0 Å². The number of ether oxygens (including phenoxy) is 1. The highest BCUT2D eigenvalue weighted by molar-refractivity contribution is 5.85. The normalized spacial score (nSPS) is 10.9. The molecule has 0 saturated heterocycles. The van der Waals surface area contributed by atoms with Gasteiger partial charge in [0.25, 0.3) is 0 Å². The Labute approximate surface area is 90.6 Å². The Morgan fingerprint density at radius 3 is 2.27 bits per heavy atom. The molecule has 1 amide bonds. The highest BCUT2D eigenvalue weighted by Gasteiger charge is 2.16. The van der Waals surface area contributed by atoms with E-state index in [0.29, 0.717) is 0 Å². The number of nitrogens with one attached hydrogen (secondary N) is 2. The second kappa shape index (κ2) is 6.40. The van der Waals surface area contributed by atoms with E-state index in [4.69, 9.17) is 4.74 Å². The molecule has 0 radical (unpaired) electrons. The van der Waals surface area contributed by atoms with Crippen molar-refractivity contribution in [1.29, 1.82) is 0 Å². The Hall–Kier alpha value is -1.10. The number of Topliss-reactive ketones (excluding diaryl/α,β-unsaturated/α-hetero) is 1. The molecule has 0 saturated carbocycles. The standard InChI is InChI=1S/C10H20N2O3/c1-5-11-6-8(13)7-12-9(14)15-10(2,3)4/h11H,5-7H2,1-4H3,(H,12,14). The summed E-state index contributed by atoms with van der Waals surface area (Å²) in [6.07, 6.45) is -0.563. The molecular formula is C10H20N2O3. The zero-order valence-electron chi connectivity index (χ0n) is 9.85. The fourth-order valence-corrected chi connectivity index (χ4v) is 0.812. The van der Waals surface area contributed by atoms with Crippen molar-refractivity contribution in [2.24, 2.45) is 0 Å². The van der Waals surface area contributed by atoms with E-state index in [9.17, 15) is 9.59 Å². The second-order valence-electron chi connectivity index (χ2n) is 4.17. The van der Waals surface area contributed by atoms with Crippen molar-refractivity contribution in [3.8, 4) is 0 Å². The van der Waals surface area contributed by atoms with Crippen LogP contribution < -0.4 is 10.6 Å². The summed E-state index contributed by atoms with van der Waals surface area (Å²) in [5.41, 5.74) is -0.533. The van der Waals surface area contributed by atoms with Crippen LogP contribution in [0, 0.1) is 0 Å². The van der Waals surface area contributed by atoms with E-state index in [0.717, 1.165) is 6.54 Å². The van der Waals surface area contributed by atoms with E-state index >= 15 is 0 Å². The largest absolute Gasteiger partial charge is 0.444 e. The van der Waals surface area contributed by atoms with Gasteiger partial charge in [0.1, 0.15) is 5.60 Å². The lowest BCUT2D eigenvalue weighted by atomic mass is 10.2. The molecule has 0 heterocycles. The van der Waals surface area contributed by atoms with Gasteiger partial charge in [0.15, 0.2) is 5.78 Å². The number of carbonyl (C=O) groups excluding carboxylic acids is 2. The number of rotatable bonds is 5. The summed E-state index contributed by atoms with van der Waals surface area (Å²) >= 11 is 0. The molecule has 0 aliphatic rings. The van der Waals surface area contributed by atoms with E-state index in [2.05, 4.69) is 10.6 Å². The molecule has 0 spiro atoms. The number of alkyl carbamates (subject to hydrolysis) is 1. The van der Waals surface area contributed by atoms with Gasteiger partial charge in [-0.15, -0.1) is 0 Å². The van der Waals surface area contributed by atoms with Gasteiger partial charge >= 0.3 is 6.09 Å². The van der Waals surface area contributed by atoms with Crippen molar-refractivity contribution >= 4 is 11.9 Å². The zero-order chi connectivity index (χ0) is 11.9. The molecular weight excluding hydrogens is 196 g/mol. The smallest absolute Gasteiger partial charge is 0.408 e. The van der Waals surface area contributed by atoms with Gasteiger partial charge in [0.2, 0.25) is 0 Å². The first-order valence-corrected chi connectivity index (χ1v) is 5.04. The van der Waals surface area contributed by atoms with Crippen molar-refractivity contribution < 1.29 is 14.3 Å². The average molecular weight is 216 g/mol. The molecule has 0 aromatic heterocycles. The Bertz CT molecular complexity index is 221. The minimum absolute atomic E-state index is 0.00190. The van der Waals surface area contributed by atoms with Gasteiger partial charge in [-0.1, -0.05) is 6.92 Å². The highest BCUT2D eigenvalue weighted by atomic mass is 16.6. The molecule has 88 valence electrons. The predicted octanol–water partition coefficient (Wildman–Crippen LogP) is 0.690. The van der Waals surface area contributed by atoms with E-state index in [1.54, 1.807) is 20.8 Å². The second-order valence-corrected chi connectivity index (χ2v) is 4.17. The molecule has 0 atom stereocenters. The van der Waals surface area contributed by atoms with Gasteiger partial charge in [-0.2, -0.15) is 0 Å².